The van der Waals surface area contributed by atoms with Gasteiger partial charge in [0.1, 0.15) is 0 Å². The summed E-state index contributed by atoms with van der Waals surface area (Å²) in [5.41, 5.74) is 5.29. The highest BCUT2D eigenvalue weighted by atomic mass is 32.2. The zero-order chi connectivity index (χ0) is 14.0. The number of benzene rings is 1. The number of thioether (sulfide) groups is 1. The van der Waals surface area contributed by atoms with Crippen LogP contribution in [-0.2, 0) is 0 Å². The van der Waals surface area contributed by atoms with Crippen molar-refractivity contribution in [3.8, 4) is 0 Å². The summed E-state index contributed by atoms with van der Waals surface area (Å²) in [5.74, 6) is 1.10. The highest BCUT2D eigenvalue weighted by Crippen LogP contribution is 2.34. The molecule has 0 aliphatic carbocycles. The van der Waals surface area contributed by atoms with Gasteiger partial charge in [-0.2, -0.15) is 0 Å². The minimum Gasteiger partial charge on any atom is -0.335 e. The van der Waals surface area contributed by atoms with Crippen LogP contribution < -0.4 is 5.32 Å². The lowest BCUT2D eigenvalue weighted by atomic mass is 9.97. The Labute approximate surface area is 121 Å². The van der Waals surface area contributed by atoms with Crippen LogP contribution in [0.2, 0.25) is 0 Å². The number of aryl methyl sites for hydroxylation is 3. The number of rotatable bonds is 3. The topological polar surface area (TPSA) is 24.4 Å². The first kappa shape index (κ1) is 14.4. The normalized spacial score (nSPS) is 17.4. The second-order valence-electron chi connectivity index (χ2n) is 5.54. The van der Waals surface area contributed by atoms with Gasteiger partial charge in [-0.1, -0.05) is 43.3 Å². The van der Waals surface area contributed by atoms with Crippen LogP contribution in [0, 0.1) is 20.8 Å². The number of nitrogens with zero attached hydrogens (tertiary/aromatic N) is 1. The number of amidine groups is 1. The third kappa shape index (κ3) is 2.97. The Balaban J connectivity index is 2.24. The molecule has 0 bridgehead atoms. The van der Waals surface area contributed by atoms with E-state index in [1.807, 2.05) is 11.8 Å². The lowest BCUT2D eigenvalue weighted by Gasteiger charge is -2.20. The molecule has 104 valence electrons. The molecule has 2 nitrogen and oxygen atoms in total. The first-order chi connectivity index (χ1) is 8.99. The summed E-state index contributed by atoms with van der Waals surface area (Å²) in [6.45, 7) is 10.9. The first-order valence-corrected chi connectivity index (χ1v) is 8.06. The van der Waals surface area contributed by atoms with Crippen molar-refractivity contribution in [3.63, 3.8) is 0 Å². The molecule has 1 aromatic rings. The van der Waals surface area contributed by atoms with Crippen LogP contribution in [0.15, 0.2) is 17.1 Å². The van der Waals surface area contributed by atoms with Gasteiger partial charge >= 0.3 is 0 Å². The van der Waals surface area contributed by atoms with Crippen LogP contribution in [0.3, 0.4) is 0 Å². The van der Waals surface area contributed by atoms with Crippen LogP contribution in [0.1, 0.15) is 43.4 Å². The predicted molar refractivity (Wildman–Crippen MR) is 87.5 cm³/mol. The smallest absolute Gasteiger partial charge is 0.161 e. The molecule has 0 fully saturated rings. The molecule has 0 saturated carbocycles. The summed E-state index contributed by atoms with van der Waals surface area (Å²) in [6.07, 6.45) is 2.24. The molecule has 3 heteroatoms. The van der Waals surface area contributed by atoms with E-state index in [-0.39, 0.29) is 5.54 Å². The van der Waals surface area contributed by atoms with E-state index in [1.54, 1.807) is 0 Å². The van der Waals surface area contributed by atoms with Gasteiger partial charge in [-0.25, -0.2) is 0 Å². The van der Waals surface area contributed by atoms with Gasteiger partial charge in [0.15, 0.2) is 5.17 Å². The Kier molecular flexibility index (Phi) is 4.24. The molecule has 0 spiro atoms. The molecule has 1 N–H and O–H groups in total. The summed E-state index contributed by atoms with van der Waals surface area (Å²) in [5, 5.41) is 4.62. The highest BCUT2D eigenvalue weighted by molar-refractivity contribution is 8.14. The van der Waals surface area contributed by atoms with Crippen molar-refractivity contribution >= 4 is 22.6 Å². The van der Waals surface area contributed by atoms with Crippen molar-refractivity contribution in [1.29, 1.82) is 0 Å². The largest absolute Gasteiger partial charge is 0.335 e. The van der Waals surface area contributed by atoms with E-state index in [0.717, 1.165) is 23.8 Å². The number of hydrogen-bond donors (Lipinski definition) is 1. The maximum absolute atomic E-state index is 4.92. The molecule has 0 atom stereocenters. The molecule has 19 heavy (non-hydrogen) atoms. The Morgan fingerprint density at radius 2 is 1.74 bits per heavy atom. The Bertz CT molecular complexity index is 478. The zero-order valence-electron chi connectivity index (χ0n) is 12.6. The summed E-state index contributed by atoms with van der Waals surface area (Å²) in [4.78, 5) is 4.92. The maximum Gasteiger partial charge on any atom is 0.161 e. The van der Waals surface area contributed by atoms with E-state index in [9.17, 15) is 0 Å². The van der Waals surface area contributed by atoms with Gasteiger partial charge in [0, 0.05) is 11.4 Å². The van der Waals surface area contributed by atoms with E-state index in [1.165, 1.54) is 22.4 Å². The van der Waals surface area contributed by atoms with Crippen LogP contribution in [0.25, 0.3) is 0 Å². The van der Waals surface area contributed by atoms with Crippen LogP contribution in [-0.4, -0.2) is 16.5 Å². The molecule has 0 radical (unpaired) electrons. The van der Waals surface area contributed by atoms with Gasteiger partial charge in [-0.05, 0) is 44.7 Å². The van der Waals surface area contributed by atoms with Crippen molar-refractivity contribution in [2.24, 2.45) is 4.99 Å². The molecule has 1 aliphatic rings. The summed E-state index contributed by atoms with van der Waals surface area (Å²) < 4.78 is 0. The van der Waals surface area contributed by atoms with E-state index >= 15 is 0 Å². The standard InChI is InChI=1S/C16H24N2S/c1-6-16(7-2)10-19-15(18-16)17-14-12(4)8-11(3)9-13(14)5/h8-9H,6-7,10H2,1-5H3,(H,17,18). The van der Waals surface area contributed by atoms with Crippen molar-refractivity contribution in [2.75, 3.05) is 11.1 Å². The van der Waals surface area contributed by atoms with Gasteiger partial charge in [-0.3, -0.25) is 4.99 Å². The highest BCUT2D eigenvalue weighted by Gasteiger charge is 2.32. The van der Waals surface area contributed by atoms with Crippen LogP contribution in [0.4, 0.5) is 5.69 Å². The Morgan fingerprint density at radius 3 is 2.21 bits per heavy atom. The minimum absolute atomic E-state index is 0.152. The first-order valence-electron chi connectivity index (χ1n) is 7.07. The van der Waals surface area contributed by atoms with Gasteiger partial charge in [0.05, 0.1) is 5.54 Å². The second-order valence-corrected chi connectivity index (χ2v) is 6.50. The van der Waals surface area contributed by atoms with Gasteiger partial charge in [0.25, 0.3) is 0 Å². The van der Waals surface area contributed by atoms with Crippen LogP contribution in [0.5, 0.6) is 0 Å². The fourth-order valence-corrected chi connectivity index (χ4v) is 3.95. The number of nitrogens with one attached hydrogen (secondary N) is 1. The lowest BCUT2D eigenvalue weighted by molar-refractivity contribution is 0.456. The van der Waals surface area contributed by atoms with Gasteiger partial charge in [0.2, 0.25) is 0 Å². The molecule has 0 saturated heterocycles. The van der Waals surface area contributed by atoms with E-state index < -0.39 is 0 Å². The second kappa shape index (κ2) is 5.58. The van der Waals surface area contributed by atoms with Crippen molar-refractivity contribution in [3.05, 3.63) is 28.8 Å². The molecule has 0 unspecified atom stereocenters. The van der Waals surface area contributed by atoms with E-state index in [0.29, 0.717) is 0 Å². The molecule has 1 aliphatic heterocycles. The fourth-order valence-electron chi connectivity index (χ4n) is 2.64. The van der Waals surface area contributed by atoms with Crippen LogP contribution >= 0.6 is 11.8 Å². The molecule has 1 heterocycles. The average Bonchev–Trinajstić information content (AvgIpc) is 2.78. The molecular formula is C16H24N2S. The lowest BCUT2D eigenvalue weighted by Crippen LogP contribution is -2.24. The summed E-state index contributed by atoms with van der Waals surface area (Å²) >= 11 is 1.85. The molecular weight excluding hydrogens is 252 g/mol. The fraction of sp³-hybridized carbons (Fsp3) is 0.562. The number of anilines is 1. The number of aliphatic imine (C=N–C) groups is 1. The van der Waals surface area contributed by atoms with Crippen molar-refractivity contribution < 1.29 is 0 Å². The Hall–Kier alpha value is -0.960. The van der Waals surface area contributed by atoms with Crippen molar-refractivity contribution in [2.45, 2.75) is 53.0 Å². The molecule has 1 aromatic carbocycles. The van der Waals surface area contributed by atoms with E-state index in [4.69, 9.17) is 4.99 Å². The SMILES string of the molecule is CCC1(CC)CSC(Nc2c(C)cc(C)cc2C)=N1. The van der Waals surface area contributed by atoms with Crippen molar-refractivity contribution in [1.82, 2.24) is 0 Å². The monoisotopic (exact) mass is 276 g/mol. The predicted octanol–water partition coefficient (Wildman–Crippen LogP) is 4.69. The Morgan fingerprint density at radius 1 is 1.16 bits per heavy atom. The molecule has 0 amide bonds. The van der Waals surface area contributed by atoms with Gasteiger partial charge in [-0.15, -0.1) is 0 Å². The van der Waals surface area contributed by atoms with E-state index in [2.05, 4.69) is 52.1 Å². The quantitative estimate of drug-likeness (QED) is 0.866. The molecule has 2 rings (SSSR count). The number of hydrogen-bond acceptors (Lipinski definition) is 3. The molecule has 0 aromatic heterocycles. The zero-order valence-corrected chi connectivity index (χ0v) is 13.4. The minimum atomic E-state index is 0.152. The average molecular weight is 276 g/mol. The third-order valence-electron chi connectivity index (χ3n) is 4.04. The van der Waals surface area contributed by atoms with Gasteiger partial charge < -0.3 is 5.32 Å². The third-order valence-corrected chi connectivity index (χ3v) is 5.19. The summed E-state index contributed by atoms with van der Waals surface area (Å²) in [6, 6.07) is 4.45. The summed E-state index contributed by atoms with van der Waals surface area (Å²) in [7, 11) is 0. The maximum atomic E-state index is 4.92.